The van der Waals surface area contributed by atoms with E-state index in [1.54, 1.807) is 42.7 Å². The lowest BCUT2D eigenvalue weighted by Crippen LogP contribution is -2.14. The second-order valence-electron chi connectivity index (χ2n) is 4.63. The van der Waals surface area contributed by atoms with E-state index in [4.69, 9.17) is 28.0 Å². The molecule has 0 atom stereocenters. The standard InChI is InChI=1S/C16H15Cl2N3O2/c1-23-21-15(11-2-3-13(17)14(18)10-11)4-5-16(22)20-12-6-8-19-9-7-12/h2-3,6-10H,4-5H2,1H3,(H,19,20,22). The van der Waals surface area contributed by atoms with Gasteiger partial charge in [0.15, 0.2) is 0 Å². The van der Waals surface area contributed by atoms with Crippen molar-refractivity contribution in [1.29, 1.82) is 0 Å². The lowest BCUT2D eigenvalue weighted by molar-refractivity contribution is -0.116. The number of benzene rings is 1. The van der Waals surface area contributed by atoms with Crippen LogP contribution in [-0.2, 0) is 9.63 Å². The Hall–Kier alpha value is -2.11. The summed E-state index contributed by atoms with van der Waals surface area (Å²) in [5, 5.41) is 7.64. The molecule has 1 amide bonds. The number of oxime groups is 1. The van der Waals surface area contributed by atoms with Crippen LogP contribution in [0.2, 0.25) is 10.0 Å². The number of rotatable bonds is 6. The number of carbonyl (C=O) groups is 1. The van der Waals surface area contributed by atoms with E-state index in [1.807, 2.05) is 0 Å². The maximum Gasteiger partial charge on any atom is 0.224 e. The molecule has 5 nitrogen and oxygen atoms in total. The van der Waals surface area contributed by atoms with E-state index in [-0.39, 0.29) is 12.3 Å². The first kappa shape index (κ1) is 17.2. The predicted octanol–water partition coefficient (Wildman–Crippen LogP) is 4.16. The summed E-state index contributed by atoms with van der Waals surface area (Å²) in [6.07, 6.45) is 3.89. The minimum absolute atomic E-state index is 0.125. The van der Waals surface area contributed by atoms with Gasteiger partial charge in [-0.3, -0.25) is 9.78 Å². The summed E-state index contributed by atoms with van der Waals surface area (Å²) in [6.45, 7) is 0. The normalized spacial score (nSPS) is 11.2. The summed E-state index contributed by atoms with van der Waals surface area (Å²) in [6, 6.07) is 8.61. The van der Waals surface area contributed by atoms with Crippen molar-refractivity contribution in [3.63, 3.8) is 0 Å². The Bertz CT molecular complexity index is 706. The third kappa shape index (κ3) is 5.23. The molecule has 0 saturated carbocycles. The van der Waals surface area contributed by atoms with Crippen molar-refractivity contribution in [2.45, 2.75) is 12.8 Å². The fourth-order valence-electron chi connectivity index (χ4n) is 1.92. The zero-order valence-electron chi connectivity index (χ0n) is 12.4. The molecule has 0 spiro atoms. The van der Waals surface area contributed by atoms with Crippen LogP contribution < -0.4 is 5.32 Å². The van der Waals surface area contributed by atoms with Crippen molar-refractivity contribution in [2.24, 2.45) is 5.16 Å². The summed E-state index contributed by atoms with van der Waals surface area (Å²) in [5.74, 6) is -0.125. The monoisotopic (exact) mass is 351 g/mol. The Morgan fingerprint density at radius 3 is 2.57 bits per heavy atom. The van der Waals surface area contributed by atoms with E-state index in [0.717, 1.165) is 5.56 Å². The Morgan fingerprint density at radius 2 is 1.91 bits per heavy atom. The van der Waals surface area contributed by atoms with Crippen LogP contribution in [0.15, 0.2) is 47.9 Å². The predicted molar refractivity (Wildman–Crippen MR) is 92.1 cm³/mol. The maximum atomic E-state index is 12.0. The van der Waals surface area contributed by atoms with E-state index in [2.05, 4.69) is 15.5 Å². The maximum absolute atomic E-state index is 12.0. The molecule has 0 unspecified atom stereocenters. The van der Waals surface area contributed by atoms with Crippen molar-refractivity contribution in [1.82, 2.24) is 4.98 Å². The Labute approximate surface area is 144 Å². The number of amides is 1. The van der Waals surface area contributed by atoms with Gasteiger partial charge < -0.3 is 10.2 Å². The minimum Gasteiger partial charge on any atom is -0.399 e. The summed E-state index contributed by atoms with van der Waals surface area (Å²) in [5.41, 5.74) is 2.08. The van der Waals surface area contributed by atoms with Crippen LogP contribution in [0.25, 0.3) is 0 Å². The van der Waals surface area contributed by atoms with Crippen molar-refractivity contribution < 1.29 is 9.63 Å². The van der Waals surface area contributed by atoms with Crippen LogP contribution in [0.5, 0.6) is 0 Å². The van der Waals surface area contributed by atoms with Gasteiger partial charge in [0.1, 0.15) is 7.11 Å². The van der Waals surface area contributed by atoms with E-state index in [0.29, 0.717) is 27.9 Å². The second-order valence-corrected chi connectivity index (χ2v) is 5.45. The highest BCUT2D eigenvalue weighted by Crippen LogP contribution is 2.23. The van der Waals surface area contributed by atoms with Gasteiger partial charge in [-0.2, -0.15) is 0 Å². The van der Waals surface area contributed by atoms with E-state index in [9.17, 15) is 4.79 Å². The first-order valence-corrected chi connectivity index (χ1v) is 7.61. The number of nitrogens with zero attached hydrogens (tertiary/aromatic N) is 2. The van der Waals surface area contributed by atoms with E-state index in [1.165, 1.54) is 7.11 Å². The zero-order valence-corrected chi connectivity index (χ0v) is 13.9. The number of aromatic nitrogens is 1. The molecule has 0 aliphatic rings. The van der Waals surface area contributed by atoms with Crippen LogP contribution in [0.4, 0.5) is 5.69 Å². The highest BCUT2D eigenvalue weighted by molar-refractivity contribution is 6.42. The van der Waals surface area contributed by atoms with Crippen LogP contribution in [0, 0.1) is 0 Å². The molecule has 0 saturated heterocycles. The molecule has 23 heavy (non-hydrogen) atoms. The third-order valence-electron chi connectivity index (χ3n) is 3.01. The van der Waals surface area contributed by atoms with Gasteiger partial charge in [0, 0.05) is 36.5 Å². The fraction of sp³-hybridized carbons (Fsp3) is 0.188. The number of halogens is 2. The van der Waals surface area contributed by atoms with Gasteiger partial charge >= 0.3 is 0 Å². The van der Waals surface area contributed by atoms with Crippen molar-refractivity contribution in [3.8, 4) is 0 Å². The number of nitrogens with one attached hydrogen (secondary N) is 1. The molecule has 0 bridgehead atoms. The average Bonchev–Trinajstić information content (AvgIpc) is 2.55. The van der Waals surface area contributed by atoms with Gasteiger partial charge in [-0.05, 0) is 24.3 Å². The van der Waals surface area contributed by atoms with Crippen molar-refractivity contribution in [3.05, 3.63) is 58.3 Å². The van der Waals surface area contributed by atoms with E-state index < -0.39 is 0 Å². The molecule has 0 fully saturated rings. The molecular weight excluding hydrogens is 337 g/mol. The molecule has 2 aromatic rings. The topological polar surface area (TPSA) is 63.6 Å². The van der Waals surface area contributed by atoms with Crippen LogP contribution in [0.1, 0.15) is 18.4 Å². The summed E-state index contributed by atoms with van der Waals surface area (Å²) >= 11 is 11.9. The molecule has 2 rings (SSSR count). The number of hydrogen-bond acceptors (Lipinski definition) is 4. The molecule has 1 aromatic carbocycles. The summed E-state index contributed by atoms with van der Waals surface area (Å²) in [4.78, 5) is 20.7. The van der Waals surface area contributed by atoms with Crippen LogP contribution in [-0.4, -0.2) is 23.7 Å². The van der Waals surface area contributed by atoms with Crippen LogP contribution >= 0.6 is 23.2 Å². The Balaban J connectivity index is 2.01. The largest absolute Gasteiger partial charge is 0.399 e. The quantitative estimate of drug-likeness (QED) is 0.627. The van der Waals surface area contributed by atoms with E-state index >= 15 is 0 Å². The van der Waals surface area contributed by atoms with Gasteiger partial charge in [-0.15, -0.1) is 0 Å². The van der Waals surface area contributed by atoms with Gasteiger partial charge in [0.05, 0.1) is 15.8 Å². The molecule has 1 heterocycles. The van der Waals surface area contributed by atoms with Crippen molar-refractivity contribution >= 4 is 40.5 Å². The number of hydrogen-bond donors (Lipinski definition) is 1. The number of anilines is 1. The van der Waals surface area contributed by atoms with Gasteiger partial charge in [0.25, 0.3) is 0 Å². The molecule has 0 aliphatic carbocycles. The molecule has 0 aliphatic heterocycles. The zero-order chi connectivity index (χ0) is 16.7. The summed E-state index contributed by atoms with van der Waals surface area (Å²) in [7, 11) is 1.45. The first-order valence-electron chi connectivity index (χ1n) is 6.85. The fourth-order valence-corrected chi connectivity index (χ4v) is 2.22. The number of carbonyl (C=O) groups excluding carboxylic acids is 1. The minimum atomic E-state index is -0.125. The lowest BCUT2D eigenvalue weighted by Gasteiger charge is -2.08. The Morgan fingerprint density at radius 1 is 1.17 bits per heavy atom. The third-order valence-corrected chi connectivity index (χ3v) is 3.75. The highest BCUT2D eigenvalue weighted by Gasteiger charge is 2.11. The Kier molecular flexibility index (Phi) is 6.38. The summed E-state index contributed by atoms with van der Waals surface area (Å²) < 4.78 is 0. The molecule has 1 aromatic heterocycles. The van der Waals surface area contributed by atoms with Crippen LogP contribution in [0.3, 0.4) is 0 Å². The van der Waals surface area contributed by atoms with Gasteiger partial charge in [0.2, 0.25) is 5.91 Å². The molecular formula is C16H15Cl2N3O2. The molecule has 0 radical (unpaired) electrons. The SMILES string of the molecule is CON=C(CCC(=O)Nc1ccncc1)c1ccc(Cl)c(Cl)c1. The molecule has 7 heteroatoms. The molecule has 1 N–H and O–H groups in total. The average molecular weight is 352 g/mol. The van der Waals surface area contributed by atoms with Gasteiger partial charge in [-0.1, -0.05) is 34.4 Å². The lowest BCUT2D eigenvalue weighted by atomic mass is 10.1. The van der Waals surface area contributed by atoms with Crippen molar-refractivity contribution in [2.75, 3.05) is 12.4 Å². The first-order chi connectivity index (χ1) is 11.1. The van der Waals surface area contributed by atoms with Gasteiger partial charge in [-0.25, -0.2) is 0 Å². The smallest absolute Gasteiger partial charge is 0.224 e. The second kappa shape index (κ2) is 8.50. The number of pyridine rings is 1. The molecule has 120 valence electrons. The highest BCUT2D eigenvalue weighted by atomic mass is 35.5.